The van der Waals surface area contributed by atoms with Crippen LogP contribution in [0.2, 0.25) is 0 Å². The third kappa shape index (κ3) is 5.74. The molecule has 1 aromatic heterocycles. The Balaban J connectivity index is 2.45. The van der Waals surface area contributed by atoms with Crippen LogP contribution in [0.25, 0.3) is 0 Å². The van der Waals surface area contributed by atoms with E-state index in [0.717, 1.165) is 12.2 Å². The largest absolute Gasteiger partial charge is 0.490 e. The van der Waals surface area contributed by atoms with Crippen molar-refractivity contribution in [3.8, 4) is 5.75 Å². The summed E-state index contributed by atoms with van der Waals surface area (Å²) >= 11 is 0. The normalized spacial score (nSPS) is 12.6. The Morgan fingerprint density at radius 3 is 2.89 bits per heavy atom. The highest BCUT2D eigenvalue weighted by molar-refractivity contribution is 5.79. The molecule has 6 nitrogen and oxygen atoms in total. The number of nitrogens with one attached hydrogen (secondary N) is 1. The zero-order chi connectivity index (χ0) is 14.3. The van der Waals surface area contributed by atoms with Crippen molar-refractivity contribution in [1.29, 1.82) is 0 Å². The summed E-state index contributed by atoms with van der Waals surface area (Å²) in [5.41, 5.74) is 5.36. The molecular formula is C13H24N4O2. The molecule has 1 heterocycles. The number of carbonyl (C=O) groups excluding carboxylic acids is 1. The molecule has 1 aromatic rings. The number of aryl methyl sites for hydroxylation is 1. The third-order valence-corrected chi connectivity index (χ3v) is 2.61. The van der Waals surface area contributed by atoms with Gasteiger partial charge in [0.05, 0.1) is 25.0 Å². The maximum absolute atomic E-state index is 11.3. The monoisotopic (exact) mass is 268 g/mol. The number of hydrogen-bond acceptors (Lipinski definition) is 4. The highest BCUT2D eigenvalue weighted by Gasteiger charge is 2.16. The van der Waals surface area contributed by atoms with Crippen LogP contribution in [0.1, 0.15) is 33.6 Å². The number of hydrogen-bond donors (Lipinski definition) is 2. The summed E-state index contributed by atoms with van der Waals surface area (Å²) in [6.45, 7) is 7.34. The smallest absolute Gasteiger partial charge is 0.234 e. The van der Waals surface area contributed by atoms with Crippen LogP contribution in [0.15, 0.2) is 12.4 Å². The molecule has 0 aliphatic rings. The Morgan fingerprint density at radius 1 is 1.58 bits per heavy atom. The Bertz CT molecular complexity index is 390. The van der Waals surface area contributed by atoms with Crippen molar-refractivity contribution in [3.05, 3.63) is 12.4 Å². The average Bonchev–Trinajstić information content (AvgIpc) is 2.79. The first kappa shape index (κ1) is 15.5. The lowest BCUT2D eigenvalue weighted by atomic mass is 10.1. The van der Waals surface area contributed by atoms with E-state index >= 15 is 0 Å². The molecule has 6 heteroatoms. The van der Waals surface area contributed by atoms with Gasteiger partial charge in [-0.05, 0) is 12.8 Å². The molecule has 0 spiro atoms. The van der Waals surface area contributed by atoms with Gasteiger partial charge in [-0.15, -0.1) is 0 Å². The van der Waals surface area contributed by atoms with Crippen LogP contribution in [0.3, 0.4) is 0 Å². The van der Waals surface area contributed by atoms with Crippen LogP contribution >= 0.6 is 0 Å². The summed E-state index contributed by atoms with van der Waals surface area (Å²) in [5.74, 6) is 0.428. The van der Waals surface area contributed by atoms with Crippen molar-refractivity contribution in [2.75, 3.05) is 6.61 Å². The summed E-state index contributed by atoms with van der Waals surface area (Å²) < 4.78 is 7.23. The van der Waals surface area contributed by atoms with E-state index in [1.165, 1.54) is 0 Å². The van der Waals surface area contributed by atoms with E-state index in [0.29, 0.717) is 19.6 Å². The number of nitrogens with two attached hydrogens (primary N) is 1. The number of amides is 1. The minimum absolute atomic E-state index is 0.221. The molecule has 0 aliphatic heterocycles. The highest BCUT2D eigenvalue weighted by atomic mass is 16.5. The van der Waals surface area contributed by atoms with E-state index in [4.69, 9.17) is 10.5 Å². The van der Waals surface area contributed by atoms with Crippen LogP contribution in [0, 0.1) is 0 Å². The van der Waals surface area contributed by atoms with E-state index in [9.17, 15) is 4.79 Å². The lowest BCUT2D eigenvalue weighted by molar-refractivity contribution is -0.120. The molecule has 0 aliphatic carbocycles. The Morgan fingerprint density at radius 2 is 2.32 bits per heavy atom. The highest BCUT2D eigenvalue weighted by Crippen LogP contribution is 2.09. The lowest BCUT2D eigenvalue weighted by Crippen LogP contribution is -2.45. The van der Waals surface area contributed by atoms with Gasteiger partial charge in [-0.25, -0.2) is 0 Å². The van der Waals surface area contributed by atoms with Crippen LogP contribution in [0.5, 0.6) is 5.75 Å². The van der Waals surface area contributed by atoms with Gasteiger partial charge >= 0.3 is 0 Å². The first-order valence-electron chi connectivity index (χ1n) is 6.73. The number of carbonyl (C=O) groups is 1. The topological polar surface area (TPSA) is 82.2 Å². The second-order valence-corrected chi connectivity index (χ2v) is 4.85. The summed E-state index contributed by atoms with van der Waals surface area (Å²) in [5, 5.41) is 7.34. The summed E-state index contributed by atoms with van der Waals surface area (Å²) in [4.78, 5) is 11.3. The van der Waals surface area contributed by atoms with E-state index in [1.807, 2.05) is 20.0 Å². The predicted molar refractivity (Wildman–Crippen MR) is 73.9 cm³/mol. The number of nitrogens with zero attached hydrogens (tertiary/aromatic N) is 2. The van der Waals surface area contributed by atoms with Crippen molar-refractivity contribution in [2.24, 2.45) is 5.73 Å². The summed E-state index contributed by atoms with van der Waals surface area (Å²) in [6.07, 6.45) is 5.10. The molecule has 0 fully saturated rings. The maximum Gasteiger partial charge on any atom is 0.234 e. The third-order valence-electron chi connectivity index (χ3n) is 2.61. The second kappa shape index (κ2) is 7.78. The predicted octanol–water partition coefficient (Wildman–Crippen LogP) is 0.914. The fourth-order valence-corrected chi connectivity index (χ4v) is 1.73. The Hall–Kier alpha value is -1.56. The first-order chi connectivity index (χ1) is 9.02. The lowest BCUT2D eigenvalue weighted by Gasteiger charge is -2.17. The molecule has 1 unspecified atom stereocenters. The molecule has 1 rings (SSSR count). The zero-order valence-electron chi connectivity index (χ0n) is 11.9. The first-order valence-corrected chi connectivity index (χ1v) is 6.73. The minimum Gasteiger partial charge on any atom is -0.490 e. The fourth-order valence-electron chi connectivity index (χ4n) is 1.73. The quantitative estimate of drug-likeness (QED) is 0.697. The number of primary amides is 1. The van der Waals surface area contributed by atoms with E-state index in [1.54, 1.807) is 10.9 Å². The van der Waals surface area contributed by atoms with Crippen LogP contribution < -0.4 is 15.8 Å². The molecule has 0 saturated heterocycles. The van der Waals surface area contributed by atoms with E-state index in [-0.39, 0.29) is 18.0 Å². The van der Waals surface area contributed by atoms with Gasteiger partial charge in [-0.3, -0.25) is 9.48 Å². The standard InChI is InChI=1S/C13H24N4O2/c1-4-7-19-11-8-15-17(9-11)6-5-12(13(14)18)16-10(2)3/h8-10,12,16H,4-7H2,1-3H3,(H2,14,18). The number of aromatic nitrogens is 2. The second-order valence-electron chi connectivity index (χ2n) is 4.85. The minimum atomic E-state index is -0.330. The van der Waals surface area contributed by atoms with Gasteiger partial charge in [0, 0.05) is 12.6 Å². The molecule has 108 valence electrons. The SMILES string of the molecule is CCCOc1cnn(CCC(NC(C)C)C(N)=O)c1. The van der Waals surface area contributed by atoms with Crippen LogP contribution in [-0.4, -0.2) is 34.4 Å². The van der Waals surface area contributed by atoms with Crippen LogP contribution in [0.4, 0.5) is 0 Å². The van der Waals surface area contributed by atoms with Crippen molar-refractivity contribution < 1.29 is 9.53 Å². The van der Waals surface area contributed by atoms with Gasteiger partial charge < -0.3 is 15.8 Å². The number of ether oxygens (including phenoxy) is 1. The van der Waals surface area contributed by atoms with Gasteiger partial charge in [0.1, 0.15) is 0 Å². The molecular weight excluding hydrogens is 244 g/mol. The molecule has 3 N–H and O–H groups in total. The van der Waals surface area contributed by atoms with Crippen LogP contribution in [-0.2, 0) is 11.3 Å². The molecule has 0 aromatic carbocycles. The van der Waals surface area contributed by atoms with Crippen molar-refractivity contribution >= 4 is 5.91 Å². The van der Waals surface area contributed by atoms with Gasteiger partial charge in [-0.1, -0.05) is 20.8 Å². The molecule has 0 saturated carbocycles. The zero-order valence-corrected chi connectivity index (χ0v) is 11.9. The van der Waals surface area contributed by atoms with Crippen molar-refractivity contribution in [2.45, 2.75) is 52.2 Å². The van der Waals surface area contributed by atoms with Gasteiger partial charge in [-0.2, -0.15) is 5.10 Å². The molecule has 0 bridgehead atoms. The van der Waals surface area contributed by atoms with Gasteiger partial charge in [0.15, 0.2) is 5.75 Å². The average molecular weight is 268 g/mol. The Labute approximate surface area is 114 Å². The Kier molecular flexibility index (Phi) is 6.35. The van der Waals surface area contributed by atoms with Crippen molar-refractivity contribution in [1.82, 2.24) is 15.1 Å². The van der Waals surface area contributed by atoms with Crippen molar-refractivity contribution in [3.63, 3.8) is 0 Å². The number of rotatable bonds is 9. The molecule has 19 heavy (non-hydrogen) atoms. The summed E-state index contributed by atoms with van der Waals surface area (Å²) in [6, 6.07) is -0.109. The van der Waals surface area contributed by atoms with Gasteiger partial charge in [0.2, 0.25) is 5.91 Å². The molecule has 1 atom stereocenters. The molecule has 0 radical (unpaired) electrons. The van der Waals surface area contributed by atoms with Gasteiger partial charge in [0.25, 0.3) is 0 Å². The van der Waals surface area contributed by atoms with E-state index in [2.05, 4.69) is 17.3 Å². The van der Waals surface area contributed by atoms with E-state index < -0.39 is 0 Å². The molecule has 1 amide bonds. The fraction of sp³-hybridized carbons (Fsp3) is 0.692. The summed E-state index contributed by atoms with van der Waals surface area (Å²) in [7, 11) is 0. The maximum atomic E-state index is 11.3.